The van der Waals surface area contributed by atoms with Crippen LogP contribution in [0, 0.1) is 13.8 Å². The van der Waals surface area contributed by atoms with Crippen LogP contribution in [-0.2, 0) is 23.1 Å². The van der Waals surface area contributed by atoms with Gasteiger partial charge in [-0.05, 0) is 49.7 Å². The molecular weight excluding hydrogens is 453 g/mol. The van der Waals surface area contributed by atoms with Crippen molar-refractivity contribution in [3.63, 3.8) is 0 Å². The minimum Gasteiger partial charge on any atom is -0.326 e. The zero-order chi connectivity index (χ0) is 23.6. The fourth-order valence-electron chi connectivity index (χ4n) is 3.23. The Bertz CT molecular complexity index is 1290. The third-order valence-electron chi connectivity index (χ3n) is 4.91. The van der Waals surface area contributed by atoms with E-state index in [1.54, 1.807) is 43.9 Å². The summed E-state index contributed by atoms with van der Waals surface area (Å²) >= 11 is 1.66. The van der Waals surface area contributed by atoms with Crippen LogP contribution in [0.2, 0.25) is 0 Å². The Kier molecular flexibility index (Phi) is 6.32. The maximum atomic E-state index is 12.9. The van der Waals surface area contributed by atoms with Gasteiger partial charge in [-0.1, -0.05) is 6.07 Å². The van der Waals surface area contributed by atoms with Crippen molar-refractivity contribution in [2.45, 2.75) is 37.1 Å². The van der Waals surface area contributed by atoms with Crippen LogP contribution >= 0.6 is 11.8 Å². The van der Waals surface area contributed by atoms with Crippen LogP contribution in [0.25, 0.3) is 5.78 Å². The summed E-state index contributed by atoms with van der Waals surface area (Å²) in [5.41, 5.74) is 3.06. The van der Waals surface area contributed by atoms with Gasteiger partial charge in [0.25, 0.3) is 11.6 Å². The largest absolute Gasteiger partial charge is 0.453 e. The molecule has 1 N–H and O–H groups in total. The summed E-state index contributed by atoms with van der Waals surface area (Å²) in [7, 11) is 0. The molecule has 0 bridgehead atoms. The second-order valence-corrected chi connectivity index (χ2v) is 8.35. The van der Waals surface area contributed by atoms with Crippen LogP contribution in [0.5, 0.6) is 0 Å². The Hall–Kier alpha value is -3.47. The first-order valence-electron chi connectivity index (χ1n) is 9.92. The number of carbonyl (C=O) groups is 1. The van der Waals surface area contributed by atoms with Gasteiger partial charge in [0.05, 0.1) is 6.42 Å². The smallest absolute Gasteiger partial charge is 0.326 e. The Morgan fingerprint density at radius 3 is 2.55 bits per heavy atom. The molecule has 0 atom stereocenters. The third-order valence-corrected chi connectivity index (χ3v) is 5.99. The monoisotopic (exact) mass is 472 g/mol. The van der Waals surface area contributed by atoms with Crippen molar-refractivity contribution in [2.24, 2.45) is 0 Å². The number of nitrogens with zero attached hydrogens (tertiary/aromatic N) is 5. The number of benzene rings is 1. The summed E-state index contributed by atoms with van der Waals surface area (Å²) in [6.45, 7) is 3.22. The Morgan fingerprint density at radius 2 is 1.88 bits per heavy atom. The number of alkyl halides is 3. The van der Waals surface area contributed by atoms with Crippen molar-refractivity contribution < 1.29 is 18.0 Å². The lowest BCUT2D eigenvalue weighted by Crippen LogP contribution is -2.17. The van der Waals surface area contributed by atoms with Gasteiger partial charge in [-0.25, -0.2) is 9.50 Å². The summed E-state index contributed by atoms with van der Waals surface area (Å²) in [5.74, 6) is -0.943. The maximum absolute atomic E-state index is 12.9. The minimum atomic E-state index is -4.67. The summed E-state index contributed by atoms with van der Waals surface area (Å²) in [6.07, 6.45) is -1.18. The standard InChI is InChI=1S/C22H19F3N6OS/c1-13-18(14(2)31-21(27-13)29-20(30-31)22(23,24)25)10-19(32)28-16-5-7-17(8-6-16)33-12-15-4-3-9-26-11-15/h3-9,11H,10,12H2,1-2H3,(H,28,32). The lowest BCUT2D eigenvalue weighted by atomic mass is 10.1. The number of hydrogen-bond donors (Lipinski definition) is 1. The summed E-state index contributed by atoms with van der Waals surface area (Å²) in [6, 6.07) is 11.3. The normalized spacial score (nSPS) is 11.7. The van der Waals surface area contributed by atoms with Crippen LogP contribution < -0.4 is 5.32 Å². The van der Waals surface area contributed by atoms with Crippen LogP contribution in [0.3, 0.4) is 0 Å². The van der Waals surface area contributed by atoms with Crippen molar-refractivity contribution in [3.05, 3.63) is 77.1 Å². The molecule has 0 aliphatic rings. The molecule has 0 unspecified atom stereocenters. The lowest BCUT2D eigenvalue weighted by molar-refractivity contribution is -0.144. The molecule has 0 saturated carbocycles. The molecule has 4 aromatic rings. The van der Waals surface area contributed by atoms with Crippen LogP contribution in [0.4, 0.5) is 18.9 Å². The molecule has 0 radical (unpaired) electrons. The molecule has 0 aliphatic carbocycles. The molecular formula is C22H19F3N6OS. The fraction of sp³-hybridized carbons (Fsp3) is 0.227. The number of aryl methyl sites for hydroxylation is 2. The van der Waals surface area contributed by atoms with Gasteiger partial charge < -0.3 is 5.32 Å². The number of hydrogen-bond acceptors (Lipinski definition) is 6. The van der Waals surface area contributed by atoms with Gasteiger partial charge in [-0.15, -0.1) is 16.9 Å². The molecule has 1 amide bonds. The van der Waals surface area contributed by atoms with Gasteiger partial charge in [0.1, 0.15) is 0 Å². The van der Waals surface area contributed by atoms with Gasteiger partial charge in [0.15, 0.2) is 0 Å². The van der Waals surface area contributed by atoms with Crippen LogP contribution in [0.1, 0.15) is 28.3 Å². The van der Waals surface area contributed by atoms with E-state index in [1.165, 1.54) is 0 Å². The number of anilines is 1. The molecule has 0 fully saturated rings. The van der Waals surface area contributed by atoms with E-state index in [0.717, 1.165) is 20.7 Å². The molecule has 4 rings (SSSR count). The average Bonchev–Trinajstić information content (AvgIpc) is 3.22. The zero-order valence-electron chi connectivity index (χ0n) is 17.7. The van der Waals surface area contributed by atoms with E-state index in [4.69, 9.17) is 0 Å². The number of amides is 1. The number of aromatic nitrogens is 5. The SMILES string of the molecule is Cc1nc2nc(C(F)(F)F)nn2c(C)c1CC(=O)Nc1ccc(SCc2cccnc2)cc1. The lowest BCUT2D eigenvalue weighted by Gasteiger charge is -2.11. The number of nitrogens with one attached hydrogen (secondary N) is 1. The Morgan fingerprint density at radius 1 is 1.12 bits per heavy atom. The average molecular weight is 472 g/mol. The number of fused-ring (bicyclic) bond motifs is 1. The van der Waals surface area contributed by atoms with Crippen LogP contribution in [-0.4, -0.2) is 30.5 Å². The first-order valence-corrected chi connectivity index (χ1v) is 10.9. The number of thioether (sulfide) groups is 1. The van der Waals surface area contributed by atoms with Gasteiger partial charge in [-0.3, -0.25) is 9.78 Å². The second kappa shape index (κ2) is 9.18. The third kappa shape index (κ3) is 5.30. The van der Waals surface area contributed by atoms with E-state index in [0.29, 0.717) is 22.6 Å². The zero-order valence-corrected chi connectivity index (χ0v) is 18.5. The molecule has 1 aromatic carbocycles. The minimum absolute atomic E-state index is 0.0562. The molecule has 3 heterocycles. The predicted molar refractivity (Wildman–Crippen MR) is 118 cm³/mol. The van der Waals surface area contributed by atoms with E-state index in [-0.39, 0.29) is 18.1 Å². The molecule has 3 aromatic heterocycles. The predicted octanol–water partition coefficient (Wildman–Crippen LogP) is 4.63. The highest BCUT2D eigenvalue weighted by Gasteiger charge is 2.37. The summed E-state index contributed by atoms with van der Waals surface area (Å²) < 4.78 is 39.8. The topological polar surface area (TPSA) is 85.1 Å². The van der Waals surface area contributed by atoms with Crippen LogP contribution in [0.15, 0.2) is 53.7 Å². The van der Waals surface area contributed by atoms with E-state index < -0.39 is 12.0 Å². The van der Waals surface area contributed by atoms with Crippen molar-refractivity contribution >= 4 is 29.1 Å². The maximum Gasteiger partial charge on any atom is 0.453 e. The van der Waals surface area contributed by atoms with Crippen molar-refractivity contribution in [3.8, 4) is 0 Å². The molecule has 0 saturated heterocycles. The second-order valence-electron chi connectivity index (χ2n) is 7.31. The fourth-order valence-corrected chi connectivity index (χ4v) is 4.07. The Labute approximate surface area is 191 Å². The van der Waals surface area contributed by atoms with Gasteiger partial charge in [-0.2, -0.15) is 18.2 Å². The van der Waals surface area contributed by atoms with Gasteiger partial charge in [0.2, 0.25) is 5.91 Å². The Balaban J connectivity index is 1.43. The number of halogens is 3. The summed E-state index contributed by atoms with van der Waals surface area (Å²) in [5, 5.41) is 6.32. The molecule has 33 heavy (non-hydrogen) atoms. The number of pyridine rings is 1. The highest BCUT2D eigenvalue weighted by atomic mass is 32.2. The molecule has 170 valence electrons. The molecule has 0 aliphatic heterocycles. The highest BCUT2D eigenvalue weighted by molar-refractivity contribution is 7.98. The van der Waals surface area contributed by atoms with Gasteiger partial charge in [0, 0.05) is 45.7 Å². The van der Waals surface area contributed by atoms with Crippen molar-refractivity contribution in [1.29, 1.82) is 0 Å². The summed E-state index contributed by atoms with van der Waals surface area (Å²) in [4.78, 5) is 25.3. The first-order chi connectivity index (χ1) is 15.7. The molecule has 11 heteroatoms. The first kappa shape index (κ1) is 22.7. The van der Waals surface area contributed by atoms with E-state index in [1.807, 2.05) is 30.5 Å². The van der Waals surface area contributed by atoms with Crippen molar-refractivity contribution in [2.75, 3.05) is 5.32 Å². The number of carbonyl (C=O) groups excluding carboxylic acids is 1. The number of rotatable bonds is 6. The highest BCUT2D eigenvalue weighted by Crippen LogP contribution is 2.27. The molecule has 7 nitrogen and oxygen atoms in total. The molecule has 0 spiro atoms. The van der Waals surface area contributed by atoms with E-state index in [9.17, 15) is 18.0 Å². The van der Waals surface area contributed by atoms with Crippen molar-refractivity contribution in [1.82, 2.24) is 24.6 Å². The van der Waals surface area contributed by atoms with Gasteiger partial charge >= 0.3 is 6.18 Å². The van der Waals surface area contributed by atoms with E-state index in [2.05, 4.69) is 25.4 Å². The quantitative estimate of drug-likeness (QED) is 0.412. The van der Waals surface area contributed by atoms with E-state index >= 15 is 0 Å².